The van der Waals surface area contributed by atoms with Gasteiger partial charge in [0.05, 0.1) is 5.56 Å². The first-order valence-corrected chi connectivity index (χ1v) is 8.48. The van der Waals surface area contributed by atoms with Crippen molar-refractivity contribution in [2.24, 2.45) is 0 Å². The maximum atomic E-state index is 12.4. The molecule has 0 bridgehead atoms. The number of amides is 1. The standard InChI is InChI=1S/C17H20N2OS/c1-21-17(7-4-8-17)11-19-16(20)14-9-12-5-2-3-6-13(12)10-15(14)18/h2-3,5-6,9-10H,4,7-8,11,18H2,1H3,(H,19,20). The highest BCUT2D eigenvalue weighted by atomic mass is 32.2. The molecule has 3 rings (SSSR count). The number of carbonyl (C=O) groups is 1. The van der Waals surface area contributed by atoms with E-state index in [-0.39, 0.29) is 10.7 Å². The van der Waals surface area contributed by atoms with Crippen molar-refractivity contribution in [1.82, 2.24) is 5.32 Å². The van der Waals surface area contributed by atoms with Gasteiger partial charge in [0.25, 0.3) is 5.91 Å². The van der Waals surface area contributed by atoms with Crippen LogP contribution < -0.4 is 11.1 Å². The van der Waals surface area contributed by atoms with E-state index < -0.39 is 0 Å². The fourth-order valence-electron chi connectivity index (χ4n) is 2.82. The fraction of sp³-hybridized carbons (Fsp3) is 0.353. The average Bonchev–Trinajstić information content (AvgIpc) is 2.45. The molecule has 0 aromatic heterocycles. The fourth-order valence-corrected chi connectivity index (χ4v) is 3.73. The zero-order chi connectivity index (χ0) is 14.9. The van der Waals surface area contributed by atoms with Gasteiger partial charge in [-0.25, -0.2) is 0 Å². The van der Waals surface area contributed by atoms with Crippen LogP contribution in [0, 0.1) is 0 Å². The Morgan fingerprint density at radius 1 is 1.29 bits per heavy atom. The minimum absolute atomic E-state index is 0.0708. The number of nitrogen functional groups attached to an aromatic ring is 1. The Bertz CT molecular complexity index is 674. The summed E-state index contributed by atoms with van der Waals surface area (Å²) in [4.78, 5) is 12.4. The molecule has 1 aliphatic carbocycles. The Morgan fingerprint density at radius 2 is 1.95 bits per heavy atom. The third-order valence-corrected chi connectivity index (χ3v) is 5.85. The van der Waals surface area contributed by atoms with Gasteiger partial charge in [0.1, 0.15) is 0 Å². The molecule has 1 aliphatic rings. The van der Waals surface area contributed by atoms with E-state index in [1.807, 2.05) is 48.2 Å². The van der Waals surface area contributed by atoms with Crippen molar-refractivity contribution in [3.8, 4) is 0 Å². The molecular formula is C17H20N2OS. The lowest BCUT2D eigenvalue weighted by Gasteiger charge is -2.40. The van der Waals surface area contributed by atoms with Crippen LogP contribution in [0.3, 0.4) is 0 Å². The zero-order valence-electron chi connectivity index (χ0n) is 12.2. The van der Waals surface area contributed by atoms with Crippen LogP contribution in [0.15, 0.2) is 36.4 Å². The number of fused-ring (bicyclic) bond motifs is 1. The molecule has 0 spiro atoms. The summed E-state index contributed by atoms with van der Waals surface area (Å²) in [6.07, 6.45) is 5.74. The van der Waals surface area contributed by atoms with Crippen LogP contribution in [-0.4, -0.2) is 23.5 Å². The van der Waals surface area contributed by atoms with Crippen molar-refractivity contribution in [1.29, 1.82) is 0 Å². The topological polar surface area (TPSA) is 55.1 Å². The van der Waals surface area contributed by atoms with Gasteiger partial charge in [-0.2, -0.15) is 11.8 Å². The van der Waals surface area contributed by atoms with E-state index in [1.165, 1.54) is 19.3 Å². The number of benzene rings is 2. The normalized spacial score (nSPS) is 16.4. The van der Waals surface area contributed by atoms with Gasteiger partial charge in [-0.3, -0.25) is 4.79 Å². The number of thioether (sulfide) groups is 1. The first kappa shape index (κ1) is 14.3. The molecule has 0 atom stereocenters. The summed E-state index contributed by atoms with van der Waals surface area (Å²) in [5, 5.41) is 5.16. The van der Waals surface area contributed by atoms with Gasteiger partial charge in [0.2, 0.25) is 0 Å². The van der Waals surface area contributed by atoms with E-state index >= 15 is 0 Å². The molecule has 110 valence electrons. The minimum Gasteiger partial charge on any atom is -0.398 e. The second kappa shape index (κ2) is 5.60. The van der Waals surface area contributed by atoms with Crippen molar-refractivity contribution in [3.05, 3.63) is 42.0 Å². The lowest BCUT2D eigenvalue weighted by atomic mass is 9.84. The second-order valence-corrected chi connectivity index (χ2v) is 6.98. The molecule has 1 saturated carbocycles. The molecule has 1 amide bonds. The number of anilines is 1. The number of carbonyl (C=O) groups excluding carboxylic acids is 1. The van der Waals surface area contributed by atoms with Gasteiger partial charge in [0, 0.05) is 17.0 Å². The van der Waals surface area contributed by atoms with E-state index in [0.29, 0.717) is 11.3 Å². The van der Waals surface area contributed by atoms with E-state index in [4.69, 9.17) is 5.73 Å². The quantitative estimate of drug-likeness (QED) is 0.851. The molecule has 0 aliphatic heterocycles. The zero-order valence-corrected chi connectivity index (χ0v) is 13.0. The van der Waals surface area contributed by atoms with Crippen LogP contribution in [0.2, 0.25) is 0 Å². The second-order valence-electron chi connectivity index (χ2n) is 5.71. The monoisotopic (exact) mass is 300 g/mol. The van der Waals surface area contributed by atoms with Crippen LogP contribution in [0.1, 0.15) is 29.6 Å². The van der Waals surface area contributed by atoms with Crippen LogP contribution in [0.5, 0.6) is 0 Å². The molecule has 1 fully saturated rings. The molecular weight excluding hydrogens is 280 g/mol. The van der Waals surface area contributed by atoms with Gasteiger partial charge in [0.15, 0.2) is 0 Å². The van der Waals surface area contributed by atoms with E-state index in [9.17, 15) is 4.79 Å². The van der Waals surface area contributed by atoms with Crippen LogP contribution >= 0.6 is 11.8 Å². The SMILES string of the molecule is CSC1(CNC(=O)c2cc3ccccc3cc2N)CCC1. The van der Waals surface area contributed by atoms with E-state index in [0.717, 1.165) is 17.3 Å². The Kier molecular flexibility index (Phi) is 3.81. The van der Waals surface area contributed by atoms with Crippen molar-refractivity contribution >= 4 is 34.1 Å². The van der Waals surface area contributed by atoms with Crippen molar-refractivity contribution in [2.75, 3.05) is 18.5 Å². The van der Waals surface area contributed by atoms with Gasteiger partial charge in [-0.1, -0.05) is 30.7 Å². The summed E-state index contributed by atoms with van der Waals surface area (Å²) < 4.78 is 0.237. The Morgan fingerprint density at radius 3 is 2.52 bits per heavy atom. The first-order valence-electron chi connectivity index (χ1n) is 7.25. The first-order chi connectivity index (χ1) is 10.1. The number of nitrogens with one attached hydrogen (secondary N) is 1. The average molecular weight is 300 g/mol. The van der Waals surface area contributed by atoms with Gasteiger partial charge >= 0.3 is 0 Å². The molecule has 2 aromatic rings. The lowest BCUT2D eigenvalue weighted by molar-refractivity contribution is 0.0945. The van der Waals surface area contributed by atoms with Crippen molar-refractivity contribution in [3.63, 3.8) is 0 Å². The summed E-state index contributed by atoms with van der Waals surface area (Å²) >= 11 is 1.86. The van der Waals surface area contributed by atoms with Crippen LogP contribution in [-0.2, 0) is 0 Å². The number of hydrogen-bond acceptors (Lipinski definition) is 3. The van der Waals surface area contributed by atoms with Crippen LogP contribution in [0.25, 0.3) is 10.8 Å². The maximum Gasteiger partial charge on any atom is 0.253 e. The number of hydrogen-bond donors (Lipinski definition) is 2. The molecule has 0 radical (unpaired) electrons. The molecule has 3 N–H and O–H groups in total. The largest absolute Gasteiger partial charge is 0.398 e. The minimum atomic E-state index is -0.0708. The third kappa shape index (κ3) is 2.72. The summed E-state index contributed by atoms with van der Waals surface area (Å²) in [7, 11) is 0. The summed E-state index contributed by atoms with van der Waals surface area (Å²) in [5.74, 6) is -0.0708. The van der Waals surface area contributed by atoms with Crippen LogP contribution in [0.4, 0.5) is 5.69 Å². The summed E-state index contributed by atoms with van der Waals surface area (Å²) in [6, 6.07) is 11.7. The smallest absolute Gasteiger partial charge is 0.253 e. The third-order valence-electron chi connectivity index (χ3n) is 4.43. The summed E-state index contributed by atoms with van der Waals surface area (Å²) in [6.45, 7) is 0.721. The lowest BCUT2D eigenvalue weighted by Crippen LogP contribution is -2.45. The Balaban J connectivity index is 1.79. The highest BCUT2D eigenvalue weighted by molar-refractivity contribution is 8.00. The Hall–Kier alpha value is -1.68. The molecule has 3 nitrogen and oxygen atoms in total. The number of rotatable bonds is 4. The predicted molar refractivity (Wildman–Crippen MR) is 90.8 cm³/mol. The number of nitrogens with two attached hydrogens (primary N) is 1. The van der Waals surface area contributed by atoms with Crippen molar-refractivity contribution < 1.29 is 4.79 Å². The molecule has 0 heterocycles. The van der Waals surface area contributed by atoms with Gasteiger partial charge in [-0.15, -0.1) is 0 Å². The van der Waals surface area contributed by atoms with Crippen molar-refractivity contribution in [2.45, 2.75) is 24.0 Å². The molecule has 21 heavy (non-hydrogen) atoms. The van der Waals surface area contributed by atoms with E-state index in [2.05, 4.69) is 11.6 Å². The highest BCUT2D eigenvalue weighted by Crippen LogP contribution is 2.42. The highest BCUT2D eigenvalue weighted by Gasteiger charge is 2.36. The molecule has 0 unspecified atom stereocenters. The Labute approximate surface area is 129 Å². The molecule has 4 heteroatoms. The predicted octanol–water partition coefficient (Wildman–Crippen LogP) is 3.44. The maximum absolute atomic E-state index is 12.4. The molecule has 0 saturated heterocycles. The molecule has 2 aromatic carbocycles. The van der Waals surface area contributed by atoms with Gasteiger partial charge < -0.3 is 11.1 Å². The van der Waals surface area contributed by atoms with Gasteiger partial charge in [-0.05, 0) is 42.0 Å². The summed E-state index contributed by atoms with van der Waals surface area (Å²) in [5.41, 5.74) is 7.15. The van der Waals surface area contributed by atoms with E-state index in [1.54, 1.807) is 0 Å².